The van der Waals surface area contributed by atoms with Crippen LogP contribution in [0.4, 0.5) is 0 Å². The van der Waals surface area contributed by atoms with Gasteiger partial charge in [-0.05, 0) is 85.8 Å². The van der Waals surface area contributed by atoms with Crippen LogP contribution in [0.1, 0.15) is 54.7 Å². The van der Waals surface area contributed by atoms with Crippen molar-refractivity contribution in [2.75, 3.05) is 13.2 Å². The predicted octanol–water partition coefficient (Wildman–Crippen LogP) is 5.28. The largest absolute Gasteiger partial charge is 0.493 e. The quantitative estimate of drug-likeness (QED) is 0.351. The van der Waals surface area contributed by atoms with E-state index in [9.17, 15) is 9.59 Å². The standard InChI is InChI=1S/C27H24N2O4.C4H10O/c1-3-32-22(30)14-20-15(2)23(27(28)31)17-6-4-5-7-18(17)25(20)19-8-9-21-24-16(11-13-33-21)10-12-29-26(19)24;1-4(2,3)5/h4-10,12H,3,11,13-14H2,1-2H3,(H2,28,31);5H,1-3H3. The van der Waals surface area contributed by atoms with E-state index in [1.807, 2.05) is 55.6 Å². The Kier molecular flexibility index (Phi) is 7.69. The molecule has 4 aromatic rings. The molecular weight excluding hydrogens is 480 g/mol. The van der Waals surface area contributed by atoms with Gasteiger partial charge in [0.25, 0.3) is 0 Å². The molecule has 3 N–H and O–H groups in total. The first-order valence-electron chi connectivity index (χ1n) is 12.8. The molecule has 5 rings (SSSR count). The summed E-state index contributed by atoms with van der Waals surface area (Å²) in [5, 5.41) is 11.1. The molecule has 198 valence electrons. The second kappa shape index (κ2) is 10.8. The van der Waals surface area contributed by atoms with Crippen LogP contribution in [0.5, 0.6) is 5.75 Å². The van der Waals surface area contributed by atoms with E-state index in [2.05, 4.69) is 0 Å². The smallest absolute Gasteiger partial charge is 0.310 e. The molecular formula is C31H34N2O5. The molecule has 7 heteroatoms. The number of carbonyl (C=O) groups is 2. The molecule has 0 spiro atoms. The van der Waals surface area contributed by atoms with Crippen LogP contribution in [0.2, 0.25) is 0 Å². The lowest BCUT2D eigenvalue weighted by Crippen LogP contribution is -2.17. The van der Waals surface area contributed by atoms with Gasteiger partial charge in [-0.15, -0.1) is 0 Å². The molecule has 0 bridgehead atoms. The molecule has 1 aromatic heterocycles. The summed E-state index contributed by atoms with van der Waals surface area (Å²) in [4.78, 5) is 29.8. The monoisotopic (exact) mass is 514 g/mol. The molecule has 1 amide bonds. The summed E-state index contributed by atoms with van der Waals surface area (Å²) in [6.07, 6.45) is 2.65. The van der Waals surface area contributed by atoms with Crippen molar-refractivity contribution in [2.24, 2.45) is 5.73 Å². The Morgan fingerprint density at radius 2 is 1.79 bits per heavy atom. The van der Waals surface area contributed by atoms with Gasteiger partial charge in [0.05, 0.1) is 36.3 Å². The van der Waals surface area contributed by atoms with Gasteiger partial charge in [-0.1, -0.05) is 24.3 Å². The number of hydrogen-bond acceptors (Lipinski definition) is 6. The topological polar surface area (TPSA) is 112 Å². The molecule has 0 fully saturated rings. The molecule has 0 saturated carbocycles. The van der Waals surface area contributed by atoms with Crippen LogP contribution in [0.3, 0.4) is 0 Å². The number of nitrogens with zero attached hydrogens (tertiary/aromatic N) is 1. The fraction of sp³-hybridized carbons (Fsp3) is 0.323. The first kappa shape index (κ1) is 27.1. The SMILES string of the molecule is CC(C)(C)O.CCOC(=O)Cc1c(C)c(C(N)=O)c2ccccc2c1-c1ccc2c3c(ccnc13)CCO2. The van der Waals surface area contributed by atoms with E-state index in [-0.39, 0.29) is 19.0 Å². The Hall–Kier alpha value is -3.97. The number of aromatic nitrogens is 1. The van der Waals surface area contributed by atoms with E-state index >= 15 is 0 Å². The average molecular weight is 515 g/mol. The van der Waals surface area contributed by atoms with Gasteiger partial charge in [-0.25, -0.2) is 0 Å². The lowest BCUT2D eigenvalue weighted by Gasteiger charge is -2.23. The summed E-state index contributed by atoms with van der Waals surface area (Å²) in [6, 6.07) is 13.6. The van der Waals surface area contributed by atoms with E-state index in [1.165, 1.54) is 5.56 Å². The minimum absolute atomic E-state index is 0.0273. The number of primary amides is 1. The van der Waals surface area contributed by atoms with Crippen molar-refractivity contribution >= 4 is 33.6 Å². The lowest BCUT2D eigenvalue weighted by atomic mass is 9.83. The zero-order chi connectivity index (χ0) is 27.6. The Morgan fingerprint density at radius 1 is 1.11 bits per heavy atom. The second-order valence-electron chi connectivity index (χ2n) is 10.3. The van der Waals surface area contributed by atoms with E-state index < -0.39 is 11.5 Å². The number of rotatable bonds is 5. The first-order valence-corrected chi connectivity index (χ1v) is 12.8. The summed E-state index contributed by atoms with van der Waals surface area (Å²) in [7, 11) is 0. The molecule has 0 unspecified atom stereocenters. The van der Waals surface area contributed by atoms with Crippen LogP contribution in [-0.2, 0) is 22.4 Å². The number of nitrogens with two attached hydrogens (primary N) is 1. The Balaban J connectivity index is 0.000000617. The molecule has 0 atom stereocenters. The van der Waals surface area contributed by atoms with Gasteiger partial charge < -0.3 is 20.3 Å². The summed E-state index contributed by atoms with van der Waals surface area (Å²) < 4.78 is 11.2. The number of amides is 1. The third-order valence-electron chi connectivity index (χ3n) is 6.31. The van der Waals surface area contributed by atoms with Gasteiger partial charge in [0.1, 0.15) is 5.75 Å². The molecule has 38 heavy (non-hydrogen) atoms. The highest BCUT2D eigenvalue weighted by Gasteiger charge is 2.25. The summed E-state index contributed by atoms with van der Waals surface area (Å²) >= 11 is 0. The first-order chi connectivity index (χ1) is 18.0. The number of carbonyl (C=O) groups excluding carboxylic acids is 2. The fourth-order valence-corrected chi connectivity index (χ4v) is 4.93. The Bertz CT molecular complexity index is 1520. The third-order valence-corrected chi connectivity index (χ3v) is 6.31. The summed E-state index contributed by atoms with van der Waals surface area (Å²) in [6.45, 7) is 9.76. The minimum atomic E-state index is -0.524. The number of hydrogen-bond donors (Lipinski definition) is 2. The number of fused-ring (bicyclic) bond motifs is 1. The number of aliphatic hydroxyl groups is 1. The van der Waals surface area contributed by atoms with Crippen LogP contribution >= 0.6 is 0 Å². The van der Waals surface area contributed by atoms with Crippen molar-refractivity contribution in [3.63, 3.8) is 0 Å². The lowest BCUT2D eigenvalue weighted by molar-refractivity contribution is -0.142. The van der Waals surface area contributed by atoms with Crippen LogP contribution in [-0.4, -0.2) is 40.8 Å². The highest BCUT2D eigenvalue weighted by atomic mass is 16.5. The van der Waals surface area contributed by atoms with Crippen molar-refractivity contribution in [1.82, 2.24) is 4.98 Å². The number of esters is 1. The number of pyridine rings is 1. The molecule has 7 nitrogen and oxygen atoms in total. The summed E-state index contributed by atoms with van der Waals surface area (Å²) in [5.74, 6) is -0.0693. The zero-order valence-corrected chi connectivity index (χ0v) is 22.6. The van der Waals surface area contributed by atoms with Gasteiger partial charge in [-0.2, -0.15) is 0 Å². The van der Waals surface area contributed by atoms with E-state index in [4.69, 9.17) is 25.3 Å². The summed E-state index contributed by atoms with van der Waals surface area (Å²) in [5.41, 5.74) is 10.9. The Labute approximate surface area is 222 Å². The normalized spacial score (nSPS) is 12.5. The maximum absolute atomic E-state index is 12.6. The second-order valence-corrected chi connectivity index (χ2v) is 10.3. The molecule has 2 heterocycles. The van der Waals surface area contributed by atoms with Gasteiger partial charge >= 0.3 is 5.97 Å². The molecule has 1 aliphatic rings. The Morgan fingerprint density at radius 3 is 2.45 bits per heavy atom. The predicted molar refractivity (Wildman–Crippen MR) is 149 cm³/mol. The highest BCUT2D eigenvalue weighted by molar-refractivity contribution is 6.15. The van der Waals surface area contributed by atoms with Crippen molar-refractivity contribution in [3.8, 4) is 16.9 Å². The highest BCUT2D eigenvalue weighted by Crippen LogP contribution is 2.43. The van der Waals surface area contributed by atoms with Crippen molar-refractivity contribution in [3.05, 3.63) is 70.9 Å². The maximum atomic E-state index is 12.6. The van der Waals surface area contributed by atoms with Gasteiger partial charge in [0.15, 0.2) is 0 Å². The van der Waals surface area contributed by atoms with Crippen molar-refractivity contribution in [1.29, 1.82) is 0 Å². The van der Waals surface area contributed by atoms with E-state index in [0.29, 0.717) is 17.7 Å². The molecule has 0 saturated heterocycles. The molecule has 3 aromatic carbocycles. The maximum Gasteiger partial charge on any atom is 0.310 e. The number of ether oxygens (including phenoxy) is 2. The fourth-order valence-electron chi connectivity index (χ4n) is 4.93. The zero-order valence-electron chi connectivity index (χ0n) is 22.6. The van der Waals surface area contributed by atoms with Gasteiger partial charge in [0.2, 0.25) is 5.91 Å². The van der Waals surface area contributed by atoms with Crippen LogP contribution in [0, 0.1) is 6.92 Å². The van der Waals surface area contributed by atoms with Gasteiger partial charge in [0, 0.05) is 23.6 Å². The van der Waals surface area contributed by atoms with Crippen molar-refractivity contribution < 1.29 is 24.2 Å². The van der Waals surface area contributed by atoms with Crippen LogP contribution < -0.4 is 10.5 Å². The minimum Gasteiger partial charge on any atom is -0.493 e. The molecule has 0 aliphatic carbocycles. The average Bonchev–Trinajstić information content (AvgIpc) is 2.84. The number of benzene rings is 3. The van der Waals surface area contributed by atoms with Gasteiger partial charge in [-0.3, -0.25) is 14.6 Å². The van der Waals surface area contributed by atoms with E-state index in [1.54, 1.807) is 27.7 Å². The van der Waals surface area contributed by atoms with Crippen molar-refractivity contribution in [2.45, 2.75) is 53.1 Å². The molecule has 0 radical (unpaired) electrons. The van der Waals surface area contributed by atoms with E-state index in [0.717, 1.165) is 50.5 Å². The van der Waals surface area contributed by atoms with Crippen LogP contribution in [0.15, 0.2) is 48.7 Å². The molecule has 1 aliphatic heterocycles. The van der Waals surface area contributed by atoms with Crippen LogP contribution in [0.25, 0.3) is 32.8 Å². The third kappa shape index (κ3) is 5.48.